The van der Waals surface area contributed by atoms with E-state index in [1.807, 2.05) is 0 Å². The van der Waals surface area contributed by atoms with E-state index in [0.29, 0.717) is 6.54 Å². The highest BCUT2D eigenvalue weighted by Crippen LogP contribution is 2.18. The van der Waals surface area contributed by atoms with Crippen LogP contribution in [0.25, 0.3) is 0 Å². The van der Waals surface area contributed by atoms with Crippen molar-refractivity contribution in [1.29, 1.82) is 0 Å². The summed E-state index contributed by atoms with van der Waals surface area (Å²) in [4.78, 5) is 11.3. The summed E-state index contributed by atoms with van der Waals surface area (Å²) in [5, 5.41) is 6.83. The molecule has 1 amide bonds. The Kier molecular flexibility index (Phi) is 3.37. The van der Waals surface area contributed by atoms with Gasteiger partial charge in [0, 0.05) is 26.7 Å². The summed E-state index contributed by atoms with van der Waals surface area (Å²) in [6.07, 6.45) is 1.40. The van der Waals surface area contributed by atoms with Crippen molar-refractivity contribution in [3.63, 3.8) is 0 Å². The van der Waals surface area contributed by atoms with Gasteiger partial charge in [0.25, 0.3) is 10.0 Å². The molecule has 2 heterocycles. The van der Waals surface area contributed by atoms with Gasteiger partial charge in [0.2, 0.25) is 5.91 Å². The predicted molar refractivity (Wildman–Crippen MR) is 63.0 cm³/mol. The van der Waals surface area contributed by atoms with Gasteiger partial charge in [-0.3, -0.25) is 9.48 Å². The van der Waals surface area contributed by atoms with Crippen LogP contribution in [0.1, 0.15) is 0 Å². The second-order valence-corrected chi connectivity index (χ2v) is 5.87. The molecule has 0 aromatic carbocycles. The van der Waals surface area contributed by atoms with Gasteiger partial charge in [-0.2, -0.15) is 9.40 Å². The molecule has 0 aliphatic carbocycles. The Bertz CT molecular complexity index is 552. The molecular weight excluding hydrogens is 258 g/mol. The fourth-order valence-corrected chi connectivity index (χ4v) is 3.65. The smallest absolute Gasteiger partial charge is 0.261 e. The molecule has 1 aliphatic heterocycles. The van der Waals surface area contributed by atoms with E-state index in [0.717, 1.165) is 4.31 Å². The predicted octanol–water partition coefficient (Wildman–Crippen LogP) is -2.13. The summed E-state index contributed by atoms with van der Waals surface area (Å²) in [5.41, 5.74) is 5.24. The summed E-state index contributed by atoms with van der Waals surface area (Å²) >= 11 is 0. The lowest BCUT2D eigenvalue weighted by Crippen LogP contribution is -2.58. The Morgan fingerprint density at radius 3 is 2.89 bits per heavy atom. The molecule has 1 atom stereocenters. The van der Waals surface area contributed by atoms with Crippen LogP contribution < -0.4 is 11.1 Å². The molecule has 3 N–H and O–H groups in total. The minimum Gasteiger partial charge on any atom is -0.368 e. The molecule has 1 fully saturated rings. The molecule has 0 spiro atoms. The molecule has 1 aliphatic rings. The van der Waals surface area contributed by atoms with Gasteiger partial charge in [0.1, 0.15) is 6.04 Å². The van der Waals surface area contributed by atoms with E-state index >= 15 is 0 Å². The third-order valence-corrected chi connectivity index (χ3v) is 4.86. The van der Waals surface area contributed by atoms with Crippen molar-refractivity contribution < 1.29 is 13.2 Å². The number of piperazine rings is 1. The number of nitrogens with two attached hydrogens (primary N) is 1. The Hall–Kier alpha value is -1.45. The average molecular weight is 273 g/mol. The number of amides is 1. The van der Waals surface area contributed by atoms with E-state index in [-0.39, 0.29) is 18.1 Å². The van der Waals surface area contributed by atoms with Gasteiger partial charge in [0.15, 0.2) is 5.03 Å². The molecule has 0 saturated carbocycles. The first-order chi connectivity index (χ1) is 8.44. The van der Waals surface area contributed by atoms with Crippen molar-refractivity contribution in [3.8, 4) is 0 Å². The summed E-state index contributed by atoms with van der Waals surface area (Å²) in [6, 6.07) is 0.536. The van der Waals surface area contributed by atoms with E-state index in [1.54, 1.807) is 0 Å². The number of hydrogen-bond acceptors (Lipinski definition) is 5. The van der Waals surface area contributed by atoms with E-state index in [1.165, 1.54) is 24.0 Å². The second-order valence-electron chi connectivity index (χ2n) is 4.03. The molecule has 0 bridgehead atoms. The number of nitrogens with zero attached hydrogens (tertiary/aromatic N) is 3. The minimum absolute atomic E-state index is 0.0515. The monoisotopic (exact) mass is 273 g/mol. The first-order valence-electron chi connectivity index (χ1n) is 5.44. The molecule has 8 nitrogen and oxygen atoms in total. The molecular formula is C9H15N5O3S. The maximum Gasteiger partial charge on any atom is 0.261 e. The van der Waals surface area contributed by atoms with E-state index < -0.39 is 22.0 Å². The van der Waals surface area contributed by atoms with Crippen LogP contribution in [0.2, 0.25) is 0 Å². The Morgan fingerprint density at radius 2 is 2.33 bits per heavy atom. The van der Waals surface area contributed by atoms with Crippen molar-refractivity contribution in [2.75, 3.05) is 19.6 Å². The van der Waals surface area contributed by atoms with E-state index in [4.69, 9.17) is 5.73 Å². The molecule has 0 radical (unpaired) electrons. The Balaban J connectivity index is 2.39. The van der Waals surface area contributed by atoms with Gasteiger partial charge in [-0.1, -0.05) is 0 Å². The van der Waals surface area contributed by atoms with Gasteiger partial charge in [0.05, 0.1) is 6.20 Å². The van der Waals surface area contributed by atoms with Crippen LogP contribution in [-0.4, -0.2) is 54.1 Å². The average Bonchev–Trinajstić information content (AvgIpc) is 2.76. The third kappa shape index (κ3) is 2.11. The fraction of sp³-hybridized carbons (Fsp3) is 0.556. The second kappa shape index (κ2) is 4.67. The molecule has 1 saturated heterocycles. The zero-order valence-corrected chi connectivity index (χ0v) is 10.7. The SMILES string of the molecule is Cn1nccc1S(=O)(=O)N1CCNCC1C(N)=O. The number of carbonyl (C=O) groups is 1. The van der Waals surface area contributed by atoms with Crippen LogP contribution in [0.4, 0.5) is 0 Å². The third-order valence-electron chi connectivity index (χ3n) is 2.87. The number of sulfonamides is 1. The molecule has 18 heavy (non-hydrogen) atoms. The van der Waals surface area contributed by atoms with Crippen molar-refractivity contribution >= 4 is 15.9 Å². The summed E-state index contributed by atoms with van der Waals surface area (Å²) in [7, 11) is -2.21. The van der Waals surface area contributed by atoms with Gasteiger partial charge in [-0.15, -0.1) is 0 Å². The van der Waals surface area contributed by atoms with Crippen LogP contribution in [0.3, 0.4) is 0 Å². The first-order valence-corrected chi connectivity index (χ1v) is 6.88. The standard InChI is InChI=1S/C9H15N5O3S/c1-13-8(2-3-12-13)18(16,17)14-5-4-11-6-7(14)9(10)15/h2-3,7,11H,4-6H2,1H3,(H2,10,15). The van der Waals surface area contributed by atoms with Gasteiger partial charge >= 0.3 is 0 Å². The quantitative estimate of drug-likeness (QED) is 0.653. The largest absolute Gasteiger partial charge is 0.368 e. The number of primary amides is 1. The van der Waals surface area contributed by atoms with E-state index in [2.05, 4.69) is 10.4 Å². The molecule has 1 unspecified atom stereocenters. The fourth-order valence-electron chi connectivity index (χ4n) is 1.95. The van der Waals surface area contributed by atoms with Gasteiger partial charge in [-0.05, 0) is 6.07 Å². The van der Waals surface area contributed by atoms with Crippen molar-refractivity contribution in [3.05, 3.63) is 12.3 Å². The van der Waals surface area contributed by atoms with E-state index in [9.17, 15) is 13.2 Å². The van der Waals surface area contributed by atoms with Crippen LogP contribution >= 0.6 is 0 Å². The molecule has 1 aromatic rings. The summed E-state index contributed by atoms with van der Waals surface area (Å²) < 4.78 is 27.2. The lowest BCUT2D eigenvalue weighted by atomic mass is 10.2. The highest BCUT2D eigenvalue weighted by molar-refractivity contribution is 7.89. The maximum absolute atomic E-state index is 12.4. The van der Waals surface area contributed by atoms with Gasteiger partial charge in [-0.25, -0.2) is 8.42 Å². The molecule has 1 aromatic heterocycles. The van der Waals surface area contributed by atoms with Crippen LogP contribution in [-0.2, 0) is 21.9 Å². The number of aromatic nitrogens is 2. The highest BCUT2D eigenvalue weighted by Gasteiger charge is 2.37. The lowest BCUT2D eigenvalue weighted by molar-refractivity contribution is -0.122. The highest BCUT2D eigenvalue weighted by atomic mass is 32.2. The Labute approximate surface area is 105 Å². The number of rotatable bonds is 3. The molecule has 9 heteroatoms. The summed E-state index contributed by atoms with van der Waals surface area (Å²) in [6.45, 7) is 0.925. The zero-order chi connectivity index (χ0) is 13.3. The molecule has 100 valence electrons. The van der Waals surface area contributed by atoms with Gasteiger partial charge < -0.3 is 11.1 Å². The van der Waals surface area contributed by atoms with Crippen LogP contribution in [0.15, 0.2) is 17.3 Å². The maximum atomic E-state index is 12.4. The number of carbonyl (C=O) groups excluding carboxylic acids is 1. The number of hydrogen-bond donors (Lipinski definition) is 2. The summed E-state index contributed by atoms with van der Waals surface area (Å²) in [5.74, 6) is -0.659. The topological polar surface area (TPSA) is 110 Å². The van der Waals surface area contributed by atoms with Crippen molar-refractivity contribution in [2.24, 2.45) is 12.8 Å². The number of nitrogens with one attached hydrogen (secondary N) is 1. The van der Waals surface area contributed by atoms with Crippen molar-refractivity contribution in [1.82, 2.24) is 19.4 Å². The zero-order valence-electron chi connectivity index (χ0n) is 9.91. The van der Waals surface area contributed by atoms with Crippen LogP contribution in [0.5, 0.6) is 0 Å². The normalized spacial score (nSPS) is 21.9. The van der Waals surface area contributed by atoms with Crippen LogP contribution in [0, 0.1) is 0 Å². The Morgan fingerprint density at radius 1 is 1.61 bits per heavy atom. The first kappa shape index (κ1) is 13.0. The number of aryl methyl sites for hydroxylation is 1. The van der Waals surface area contributed by atoms with Crippen molar-refractivity contribution in [2.45, 2.75) is 11.1 Å². The minimum atomic E-state index is -3.75. The lowest BCUT2D eigenvalue weighted by Gasteiger charge is -2.32. The molecule has 2 rings (SSSR count).